The third-order valence-electron chi connectivity index (χ3n) is 5.18. The quantitative estimate of drug-likeness (QED) is 0.319. The fraction of sp³-hybridized carbons (Fsp3) is 0.280. The Hall–Kier alpha value is -3.16. The summed E-state index contributed by atoms with van der Waals surface area (Å²) in [6.07, 6.45) is 3.43. The van der Waals surface area contributed by atoms with Gasteiger partial charge in [0.15, 0.2) is 28.8 Å². The van der Waals surface area contributed by atoms with Crippen LogP contribution < -0.4 is 23.7 Å². The zero-order valence-electron chi connectivity index (χ0n) is 19.3. The van der Waals surface area contributed by atoms with Crippen LogP contribution in [0.3, 0.4) is 0 Å². The molecule has 0 atom stereocenters. The van der Waals surface area contributed by atoms with Crippen LogP contribution in [-0.4, -0.2) is 45.8 Å². The fourth-order valence-corrected chi connectivity index (χ4v) is 3.93. The highest BCUT2D eigenvalue weighted by molar-refractivity contribution is 6.36. The number of ketones is 1. The van der Waals surface area contributed by atoms with Crippen LogP contribution in [0.15, 0.2) is 42.7 Å². The number of nitrogens with zero attached hydrogens (tertiary/aromatic N) is 1. The minimum absolute atomic E-state index is 0.0261. The van der Waals surface area contributed by atoms with Crippen molar-refractivity contribution in [3.05, 3.63) is 69.5 Å². The summed E-state index contributed by atoms with van der Waals surface area (Å²) in [6, 6.07) is 8.93. The number of hydrogen-bond acceptors (Lipinski definition) is 7. The van der Waals surface area contributed by atoms with Gasteiger partial charge in [-0.2, -0.15) is 0 Å². The van der Waals surface area contributed by atoms with Gasteiger partial charge in [0.1, 0.15) is 0 Å². The molecule has 0 saturated carbocycles. The maximum Gasteiger partial charge on any atom is 0.204 e. The highest BCUT2D eigenvalue weighted by Gasteiger charge is 2.23. The first-order chi connectivity index (χ1) is 16.4. The van der Waals surface area contributed by atoms with Crippen LogP contribution in [-0.2, 0) is 12.8 Å². The van der Waals surface area contributed by atoms with E-state index in [1.54, 1.807) is 26.4 Å². The van der Waals surface area contributed by atoms with Gasteiger partial charge in [-0.1, -0.05) is 29.3 Å². The van der Waals surface area contributed by atoms with E-state index in [1.807, 2.05) is 18.2 Å². The Labute approximate surface area is 208 Å². The number of methoxy groups -OCH3 is 4. The summed E-state index contributed by atoms with van der Waals surface area (Å²) in [7, 11) is 6.17. The van der Waals surface area contributed by atoms with E-state index in [2.05, 4.69) is 4.98 Å². The molecule has 0 aliphatic heterocycles. The first-order valence-corrected chi connectivity index (χ1v) is 11.1. The third-order valence-corrected chi connectivity index (χ3v) is 5.83. The molecule has 0 spiro atoms. The van der Waals surface area contributed by atoms with Crippen LogP contribution in [0, 0.1) is 0 Å². The summed E-state index contributed by atoms with van der Waals surface area (Å²) >= 11 is 12.4. The Morgan fingerprint density at radius 1 is 0.824 bits per heavy atom. The largest absolute Gasteiger partial charge is 0.493 e. The van der Waals surface area contributed by atoms with E-state index >= 15 is 0 Å². The second kappa shape index (κ2) is 11.8. The van der Waals surface area contributed by atoms with Crippen molar-refractivity contribution >= 4 is 29.0 Å². The summed E-state index contributed by atoms with van der Waals surface area (Å²) in [5, 5.41) is 0.634. The number of carbonyl (C=O) groups is 1. The molecule has 0 saturated heterocycles. The van der Waals surface area contributed by atoms with E-state index in [0.717, 1.165) is 5.56 Å². The number of rotatable bonds is 11. The second-order valence-corrected chi connectivity index (χ2v) is 7.96. The van der Waals surface area contributed by atoms with Crippen molar-refractivity contribution < 1.29 is 28.5 Å². The lowest BCUT2D eigenvalue weighted by Gasteiger charge is -2.18. The van der Waals surface area contributed by atoms with E-state index in [-0.39, 0.29) is 24.6 Å². The molecule has 9 heteroatoms. The lowest BCUT2D eigenvalue weighted by Crippen LogP contribution is -2.11. The van der Waals surface area contributed by atoms with Crippen LogP contribution in [0.4, 0.5) is 0 Å². The number of halogens is 2. The molecule has 0 radical (unpaired) electrons. The summed E-state index contributed by atoms with van der Waals surface area (Å²) in [6.45, 7) is 0.274. The Bertz CT molecular complexity index is 1150. The summed E-state index contributed by atoms with van der Waals surface area (Å²) < 4.78 is 27.6. The van der Waals surface area contributed by atoms with Crippen LogP contribution in [0.1, 0.15) is 21.5 Å². The zero-order valence-corrected chi connectivity index (χ0v) is 20.8. The Morgan fingerprint density at radius 3 is 2.09 bits per heavy atom. The van der Waals surface area contributed by atoms with Gasteiger partial charge in [0.2, 0.25) is 5.75 Å². The first-order valence-electron chi connectivity index (χ1n) is 10.3. The molecule has 0 amide bonds. The average molecular weight is 506 g/mol. The normalized spacial score (nSPS) is 10.5. The van der Waals surface area contributed by atoms with Gasteiger partial charge in [-0.25, -0.2) is 0 Å². The lowest BCUT2D eigenvalue weighted by molar-refractivity contribution is 0.0988. The average Bonchev–Trinajstić information content (AvgIpc) is 2.85. The molecule has 180 valence electrons. The highest BCUT2D eigenvalue weighted by atomic mass is 35.5. The van der Waals surface area contributed by atoms with Gasteiger partial charge in [0.05, 0.1) is 50.7 Å². The number of ether oxygens (including phenoxy) is 5. The molecule has 3 aromatic rings. The van der Waals surface area contributed by atoms with Crippen molar-refractivity contribution in [1.82, 2.24) is 4.98 Å². The number of hydrogen-bond donors (Lipinski definition) is 0. The molecule has 0 fully saturated rings. The van der Waals surface area contributed by atoms with E-state index in [9.17, 15) is 4.79 Å². The van der Waals surface area contributed by atoms with Gasteiger partial charge < -0.3 is 23.7 Å². The molecule has 0 unspecified atom stereocenters. The van der Waals surface area contributed by atoms with Gasteiger partial charge in [0, 0.05) is 30.8 Å². The van der Waals surface area contributed by atoms with Crippen molar-refractivity contribution in [2.24, 2.45) is 0 Å². The van der Waals surface area contributed by atoms with Gasteiger partial charge in [-0.05, 0) is 29.8 Å². The van der Waals surface area contributed by atoms with Crippen LogP contribution >= 0.6 is 23.2 Å². The number of benzene rings is 2. The number of pyridine rings is 1. The highest BCUT2D eigenvalue weighted by Crippen LogP contribution is 2.41. The molecule has 1 heterocycles. The SMILES string of the molecule is COc1ccc(CCOc2c(C(=O)Cc3c(Cl)cncc3Cl)ccc(OC)c2OC)cc1OC. The first kappa shape index (κ1) is 25.5. The number of carbonyl (C=O) groups excluding carboxylic acids is 1. The second-order valence-electron chi connectivity index (χ2n) is 7.15. The van der Waals surface area contributed by atoms with Gasteiger partial charge >= 0.3 is 0 Å². The summed E-state index contributed by atoms with van der Waals surface area (Å²) in [5.41, 5.74) is 1.80. The van der Waals surface area contributed by atoms with Gasteiger partial charge in [0.25, 0.3) is 0 Å². The smallest absolute Gasteiger partial charge is 0.204 e. The van der Waals surface area contributed by atoms with Gasteiger partial charge in [-0.3, -0.25) is 9.78 Å². The van der Waals surface area contributed by atoms with E-state index in [0.29, 0.717) is 50.6 Å². The van der Waals surface area contributed by atoms with Crippen molar-refractivity contribution in [3.8, 4) is 28.7 Å². The van der Waals surface area contributed by atoms with Crippen molar-refractivity contribution in [1.29, 1.82) is 0 Å². The van der Waals surface area contributed by atoms with Crippen molar-refractivity contribution in [2.75, 3.05) is 35.0 Å². The molecular formula is C25H25Cl2NO6. The zero-order chi connectivity index (χ0) is 24.7. The molecule has 7 nitrogen and oxygen atoms in total. The monoisotopic (exact) mass is 505 g/mol. The molecule has 3 rings (SSSR count). The topological polar surface area (TPSA) is 76.1 Å². The molecule has 1 aromatic heterocycles. The van der Waals surface area contributed by atoms with E-state index < -0.39 is 0 Å². The molecule has 0 bridgehead atoms. The van der Waals surface area contributed by atoms with Crippen LogP contribution in [0.2, 0.25) is 10.0 Å². The Kier molecular flexibility index (Phi) is 8.85. The lowest BCUT2D eigenvalue weighted by atomic mass is 10.0. The molecular weight excluding hydrogens is 481 g/mol. The number of aromatic nitrogens is 1. The summed E-state index contributed by atoms with van der Waals surface area (Å²) in [5.74, 6) is 2.09. The minimum Gasteiger partial charge on any atom is -0.493 e. The molecule has 2 aromatic carbocycles. The molecule has 0 aliphatic carbocycles. The maximum atomic E-state index is 13.2. The van der Waals surface area contributed by atoms with Crippen molar-refractivity contribution in [3.63, 3.8) is 0 Å². The standard InChI is InChI=1S/C25H25Cl2NO6/c1-30-21-7-5-15(11-23(21)32-3)9-10-34-24-16(6-8-22(31-2)25(24)33-4)20(29)12-17-18(26)13-28-14-19(17)27/h5-8,11,13-14H,9-10,12H2,1-4H3. The number of Topliss-reactive ketones (excluding diaryl/α,β-unsaturated/α-hetero) is 1. The predicted octanol–water partition coefficient (Wildman–Crippen LogP) is 5.47. The third kappa shape index (κ3) is 5.66. The fourth-order valence-electron chi connectivity index (χ4n) is 3.43. The molecule has 34 heavy (non-hydrogen) atoms. The van der Waals surface area contributed by atoms with E-state index in [1.165, 1.54) is 26.6 Å². The molecule has 0 N–H and O–H groups in total. The van der Waals surface area contributed by atoms with E-state index in [4.69, 9.17) is 46.9 Å². The molecule has 0 aliphatic rings. The van der Waals surface area contributed by atoms with Crippen LogP contribution in [0.25, 0.3) is 0 Å². The minimum atomic E-state index is -0.239. The maximum absolute atomic E-state index is 13.2. The predicted molar refractivity (Wildman–Crippen MR) is 131 cm³/mol. The summed E-state index contributed by atoms with van der Waals surface area (Å²) in [4.78, 5) is 17.2. The Balaban J connectivity index is 1.87. The van der Waals surface area contributed by atoms with Crippen LogP contribution in [0.5, 0.6) is 28.7 Å². The van der Waals surface area contributed by atoms with Crippen molar-refractivity contribution in [2.45, 2.75) is 12.8 Å². The Morgan fingerprint density at radius 2 is 1.47 bits per heavy atom. The van der Waals surface area contributed by atoms with Gasteiger partial charge in [-0.15, -0.1) is 0 Å².